The first kappa shape index (κ1) is 12.8. The van der Waals surface area contributed by atoms with E-state index in [1.165, 1.54) is 6.33 Å². The Morgan fingerprint density at radius 3 is 2.50 bits per heavy atom. The highest BCUT2D eigenvalue weighted by Crippen LogP contribution is 2.02. The average Bonchev–Trinajstić information content (AvgIpc) is 2.64. The molecule has 0 saturated heterocycles. The molecule has 0 aliphatic carbocycles. The molecule has 1 aromatic rings. The van der Waals surface area contributed by atoms with Gasteiger partial charge in [-0.2, -0.15) is 5.10 Å². The minimum Gasteiger partial charge on any atom is -0.346 e. The molecule has 6 heteroatoms. The summed E-state index contributed by atoms with van der Waals surface area (Å²) in [6.07, 6.45) is 0.784. The summed E-state index contributed by atoms with van der Waals surface area (Å²) >= 11 is 0. The van der Waals surface area contributed by atoms with E-state index in [1.54, 1.807) is 11.7 Å². The summed E-state index contributed by atoms with van der Waals surface area (Å²) in [6.45, 7) is 4.52. The van der Waals surface area contributed by atoms with E-state index in [-0.39, 0.29) is 12.2 Å². The molecule has 0 saturated carbocycles. The van der Waals surface area contributed by atoms with Crippen LogP contribution in [0, 0.1) is 0 Å². The Labute approximate surface area is 94.6 Å². The lowest BCUT2D eigenvalue weighted by Gasteiger charge is -2.14. The Hall–Kier alpha value is -1.27. The lowest BCUT2D eigenvalue weighted by atomic mass is 10.2. The van der Waals surface area contributed by atoms with Gasteiger partial charge >= 0.3 is 0 Å². The maximum atomic E-state index is 11.8. The maximum Gasteiger partial charge on any atom is 0.218 e. The number of Topliss-reactive ketones (excluding diaryl/α,β-unsaturated/α-hetero) is 1. The molecule has 0 spiro atoms. The number of carbonyl (C=O) groups excluding carboxylic acids is 1. The van der Waals surface area contributed by atoms with E-state index < -0.39 is 6.29 Å². The van der Waals surface area contributed by atoms with Gasteiger partial charge in [-0.15, -0.1) is 0 Å². The Balaban J connectivity index is 2.58. The molecule has 0 aliphatic rings. The van der Waals surface area contributed by atoms with Crippen molar-refractivity contribution in [3.63, 3.8) is 0 Å². The van der Waals surface area contributed by atoms with E-state index in [9.17, 15) is 4.79 Å². The first-order chi connectivity index (χ1) is 7.69. The SMILES string of the molecule is CCOC(OCC)C(=O)Cc1ncnn1C. The number of ketones is 1. The van der Waals surface area contributed by atoms with Crippen molar-refractivity contribution in [1.82, 2.24) is 14.8 Å². The summed E-state index contributed by atoms with van der Waals surface area (Å²) < 4.78 is 12.0. The summed E-state index contributed by atoms with van der Waals surface area (Å²) in [5, 5.41) is 3.89. The number of rotatable bonds is 7. The second-order valence-electron chi connectivity index (χ2n) is 3.19. The van der Waals surface area contributed by atoms with Gasteiger partial charge in [0.1, 0.15) is 12.2 Å². The molecule has 0 unspecified atom stereocenters. The van der Waals surface area contributed by atoms with Crippen molar-refractivity contribution in [2.75, 3.05) is 13.2 Å². The van der Waals surface area contributed by atoms with Crippen molar-refractivity contribution < 1.29 is 14.3 Å². The second-order valence-corrected chi connectivity index (χ2v) is 3.19. The predicted octanol–water partition coefficient (Wildman–Crippen LogP) is 0.326. The van der Waals surface area contributed by atoms with Gasteiger partial charge in [-0.1, -0.05) is 0 Å². The summed E-state index contributed by atoms with van der Waals surface area (Å²) in [4.78, 5) is 15.8. The van der Waals surface area contributed by atoms with Crippen molar-refractivity contribution >= 4 is 5.78 Å². The number of nitrogens with zero attached hydrogens (tertiary/aromatic N) is 3. The number of hydrogen-bond donors (Lipinski definition) is 0. The van der Waals surface area contributed by atoms with Gasteiger partial charge in [0.15, 0.2) is 5.78 Å². The van der Waals surface area contributed by atoms with Gasteiger partial charge in [-0.25, -0.2) is 4.98 Å². The molecular formula is C10H17N3O3. The topological polar surface area (TPSA) is 66.2 Å². The van der Waals surface area contributed by atoms with Crippen LogP contribution in [0.3, 0.4) is 0 Å². The van der Waals surface area contributed by atoms with Crippen LogP contribution < -0.4 is 0 Å². The third-order valence-electron chi connectivity index (χ3n) is 2.04. The lowest BCUT2D eigenvalue weighted by molar-refractivity contribution is -0.167. The van der Waals surface area contributed by atoms with E-state index in [0.29, 0.717) is 19.0 Å². The molecule has 1 heterocycles. The summed E-state index contributed by atoms with van der Waals surface area (Å²) in [6, 6.07) is 0. The number of aromatic nitrogens is 3. The smallest absolute Gasteiger partial charge is 0.218 e. The molecule has 0 atom stereocenters. The highest BCUT2D eigenvalue weighted by atomic mass is 16.7. The first-order valence-electron chi connectivity index (χ1n) is 5.27. The van der Waals surface area contributed by atoms with E-state index in [0.717, 1.165) is 0 Å². The highest BCUT2D eigenvalue weighted by molar-refractivity contribution is 5.83. The van der Waals surface area contributed by atoms with Crippen LogP contribution in [0.5, 0.6) is 0 Å². The zero-order valence-electron chi connectivity index (χ0n) is 9.84. The molecule has 16 heavy (non-hydrogen) atoms. The van der Waals surface area contributed by atoms with E-state index in [2.05, 4.69) is 10.1 Å². The van der Waals surface area contributed by atoms with Gasteiger partial charge in [0.05, 0.1) is 6.42 Å². The monoisotopic (exact) mass is 227 g/mol. The van der Waals surface area contributed by atoms with E-state index in [4.69, 9.17) is 9.47 Å². The van der Waals surface area contributed by atoms with E-state index in [1.807, 2.05) is 13.8 Å². The highest BCUT2D eigenvalue weighted by Gasteiger charge is 2.20. The third kappa shape index (κ3) is 3.39. The minimum absolute atomic E-state index is 0.139. The van der Waals surface area contributed by atoms with Crippen molar-refractivity contribution in [2.45, 2.75) is 26.6 Å². The Bertz CT molecular complexity index is 332. The molecule has 0 N–H and O–H groups in total. The Morgan fingerprint density at radius 1 is 1.44 bits per heavy atom. The largest absolute Gasteiger partial charge is 0.346 e. The standard InChI is InChI=1S/C10H17N3O3/c1-4-15-10(16-5-2)8(14)6-9-11-7-12-13(9)3/h7,10H,4-6H2,1-3H3. The number of aryl methyl sites for hydroxylation is 1. The fourth-order valence-corrected chi connectivity index (χ4v) is 1.26. The molecule has 6 nitrogen and oxygen atoms in total. The number of carbonyl (C=O) groups is 1. The van der Waals surface area contributed by atoms with Gasteiger partial charge in [0.25, 0.3) is 0 Å². The zero-order valence-corrected chi connectivity index (χ0v) is 9.84. The van der Waals surface area contributed by atoms with Crippen LogP contribution in [0.1, 0.15) is 19.7 Å². The van der Waals surface area contributed by atoms with Crippen LogP contribution in [0.15, 0.2) is 6.33 Å². The summed E-state index contributed by atoms with van der Waals surface area (Å²) in [7, 11) is 1.74. The molecule has 1 rings (SSSR count). The van der Waals surface area contributed by atoms with Gasteiger partial charge in [0.2, 0.25) is 6.29 Å². The quantitative estimate of drug-likeness (QED) is 0.628. The molecule has 0 fully saturated rings. The summed E-state index contributed by atoms with van der Waals surface area (Å²) in [5.41, 5.74) is 0. The Kier molecular flexibility index (Phi) is 5.07. The van der Waals surface area contributed by atoms with Crippen LogP contribution in [-0.4, -0.2) is 40.1 Å². The van der Waals surface area contributed by atoms with Crippen molar-refractivity contribution in [2.24, 2.45) is 7.05 Å². The van der Waals surface area contributed by atoms with Crippen LogP contribution >= 0.6 is 0 Å². The minimum atomic E-state index is -0.799. The molecule has 0 radical (unpaired) electrons. The number of hydrogen-bond acceptors (Lipinski definition) is 5. The van der Waals surface area contributed by atoms with Crippen molar-refractivity contribution in [1.29, 1.82) is 0 Å². The first-order valence-corrected chi connectivity index (χ1v) is 5.27. The van der Waals surface area contributed by atoms with Gasteiger partial charge in [-0.05, 0) is 13.8 Å². The predicted molar refractivity (Wildman–Crippen MR) is 56.8 cm³/mol. The normalized spacial score (nSPS) is 11.0. The van der Waals surface area contributed by atoms with Gasteiger partial charge < -0.3 is 9.47 Å². The number of ether oxygens (including phenoxy) is 2. The maximum absolute atomic E-state index is 11.8. The zero-order chi connectivity index (χ0) is 12.0. The molecule has 0 bridgehead atoms. The summed E-state index contributed by atoms with van der Waals surface area (Å²) in [5.74, 6) is 0.467. The van der Waals surface area contributed by atoms with Crippen LogP contribution in [0.4, 0.5) is 0 Å². The fourth-order valence-electron chi connectivity index (χ4n) is 1.26. The van der Waals surface area contributed by atoms with Crippen LogP contribution in [0.2, 0.25) is 0 Å². The van der Waals surface area contributed by atoms with Crippen LogP contribution in [0.25, 0.3) is 0 Å². The van der Waals surface area contributed by atoms with Gasteiger partial charge in [0, 0.05) is 20.3 Å². The molecule has 0 amide bonds. The van der Waals surface area contributed by atoms with Gasteiger partial charge in [-0.3, -0.25) is 9.48 Å². The van der Waals surface area contributed by atoms with E-state index >= 15 is 0 Å². The fraction of sp³-hybridized carbons (Fsp3) is 0.700. The molecule has 0 aliphatic heterocycles. The molecule has 0 aromatic carbocycles. The van der Waals surface area contributed by atoms with Crippen molar-refractivity contribution in [3.8, 4) is 0 Å². The Morgan fingerprint density at radius 2 is 2.06 bits per heavy atom. The third-order valence-corrected chi connectivity index (χ3v) is 2.04. The molecule has 1 aromatic heterocycles. The van der Waals surface area contributed by atoms with Crippen molar-refractivity contribution in [3.05, 3.63) is 12.2 Å². The average molecular weight is 227 g/mol. The lowest BCUT2D eigenvalue weighted by Crippen LogP contribution is -2.29. The molecule has 90 valence electrons. The van der Waals surface area contributed by atoms with Crippen LogP contribution in [-0.2, 0) is 27.7 Å². The second kappa shape index (κ2) is 6.34. The molecular weight excluding hydrogens is 210 g/mol.